The van der Waals surface area contributed by atoms with Crippen LogP contribution in [0.25, 0.3) is 0 Å². The molecule has 4 nitrogen and oxygen atoms in total. The summed E-state index contributed by atoms with van der Waals surface area (Å²) in [5.74, 6) is 0.982. The minimum atomic E-state index is -0.207. The van der Waals surface area contributed by atoms with Crippen LogP contribution >= 0.6 is 0 Å². The molecule has 1 aliphatic carbocycles. The van der Waals surface area contributed by atoms with E-state index in [9.17, 15) is 4.79 Å². The third-order valence-corrected chi connectivity index (χ3v) is 6.15. The number of benzene rings is 1. The molecule has 5 rings (SSSR count). The maximum atomic E-state index is 12.5. The molecule has 1 saturated carbocycles. The first-order chi connectivity index (χ1) is 11.8. The molecule has 0 radical (unpaired) electrons. The molecule has 0 aromatic heterocycles. The van der Waals surface area contributed by atoms with Gasteiger partial charge in [-0.3, -0.25) is 4.90 Å². The summed E-state index contributed by atoms with van der Waals surface area (Å²) < 4.78 is 5.82. The van der Waals surface area contributed by atoms with E-state index >= 15 is 0 Å². The molecule has 3 heterocycles. The summed E-state index contributed by atoms with van der Waals surface area (Å²) in [7, 11) is 0. The van der Waals surface area contributed by atoms with E-state index < -0.39 is 0 Å². The largest absolute Gasteiger partial charge is 0.445 e. The smallest absolute Gasteiger partial charge is 0.407 e. The molecule has 0 spiro atoms. The third kappa shape index (κ3) is 3.44. The molecule has 2 bridgehead atoms. The molecule has 1 N–H and O–H groups in total. The number of nitrogens with one attached hydrogen (secondary N) is 1. The van der Waals surface area contributed by atoms with E-state index in [0.29, 0.717) is 11.8 Å². The van der Waals surface area contributed by atoms with Crippen molar-refractivity contribution in [2.24, 2.45) is 5.92 Å². The topological polar surface area (TPSA) is 41.6 Å². The van der Waals surface area contributed by atoms with Gasteiger partial charge in [-0.1, -0.05) is 43.2 Å². The third-order valence-electron chi connectivity index (χ3n) is 6.15. The van der Waals surface area contributed by atoms with Gasteiger partial charge in [0.2, 0.25) is 0 Å². The maximum absolute atomic E-state index is 12.5. The average molecular weight is 328 g/mol. The highest BCUT2D eigenvalue weighted by atomic mass is 16.6. The Morgan fingerprint density at radius 3 is 2.50 bits per heavy atom. The maximum Gasteiger partial charge on any atom is 0.407 e. The molecular formula is C20H28N2O2. The summed E-state index contributed by atoms with van der Waals surface area (Å²) in [5, 5.41) is 3.19. The Hall–Kier alpha value is -1.55. The molecule has 1 aromatic carbocycles. The SMILES string of the molecule is O=C(N[C@@H]1CCCC[C@@H]1c1ccccc1)O[C@@H]1CN2CCC1CC2. The van der Waals surface area contributed by atoms with Crippen LogP contribution in [0.4, 0.5) is 4.79 Å². The number of hydrogen-bond acceptors (Lipinski definition) is 3. The number of rotatable bonds is 3. The second-order valence-electron chi connectivity index (χ2n) is 7.63. The lowest BCUT2D eigenvalue weighted by atomic mass is 9.80. The monoisotopic (exact) mass is 328 g/mol. The lowest BCUT2D eigenvalue weighted by Crippen LogP contribution is -2.53. The van der Waals surface area contributed by atoms with Crippen molar-refractivity contribution in [3.8, 4) is 0 Å². The number of amides is 1. The number of carbonyl (C=O) groups excluding carboxylic acids is 1. The lowest BCUT2D eigenvalue weighted by Gasteiger charge is -2.44. The summed E-state index contributed by atoms with van der Waals surface area (Å²) in [5.41, 5.74) is 1.34. The fraction of sp³-hybridized carbons (Fsp3) is 0.650. The highest BCUT2D eigenvalue weighted by Crippen LogP contribution is 2.33. The number of ether oxygens (including phenoxy) is 1. The van der Waals surface area contributed by atoms with E-state index in [0.717, 1.165) is 19.4 Å². The second kappa shape index (κ2) is 7.14. The zero-order valence-electron chi connectivity index (χ0n) is 14.3. The molecule has 3 atom stereocenters. The van der Waals surface area contributed by atoms with Gasteiger partial charge in [0, 0.05) is 18.5 Å². The van der Waals surface area contributed by atoms with Crippen molar-refractivity contribution in [2.45, 2.75) is 56.6 Å². The summed E-state index contributed by atoms with van der Waals surface area (Å²) in [6.45, 7) is 3.26. The molecule has 0 unspecified atom stereocenters. The Labute approximate surface area is 144 Å². The molecule has 3 saturated heterocycles. The van der Waals surface area contributed by atoms with Crippen molar-refractivity contribution in [3.05, 3.63) is 35.9 Å². The predicted molar refractivity (Wildman–Crippen MR) is 94.0 cm³/mol. The van der Waals surface area contributed by atoms with Crippen molar-refractivity contribution >= 4 is 6.09 Å². The molecule has 4 aliphatic rings. The van der Waals surface area contributed by atoms with Gasteiger partial charge in [0.15, 0.2) is 0 Å². The van der Waals surface area contributed by atoms with Gasteiger partial charge in [0.1, 0.15) is 6.10 Å². The molecule has 24 heavy (non-hydrogen) atoms. The van der Waals surface area contributed by atoms with Gasteiger partial charge in [0.05, 0.1) is 0 Å². The number of piperidine rings is 3. The molecule has 130 valence electrons. The Bertz CT molecular complexity index is 554. The van der Waals surface area contributed by atoms with E-state index in [4.69, 9.17) is 4.74 Å². The van der Waals surface area contributed by atoms with Gasteiger partial charge in [-0.15, -0.1) is 0 Å². The molecule has 3 aliphatic heterocycles. The zero-order chi connectivity index (χ0) is 16.4. The van der Waals surface area contributed by atoms with Crippen LogP contribution in [0.15, 0.2) is 30.3 Å². The first-order valence-corrected chi connectivity index (χ1v) is 9.54. The summed E-state index contributed by atoms with van der Waals surface area (Å²) in [6, 6.07) is 10.8. The Morgan fingerprint density at radius 2 is 1.79 bits per heavy atom. The van der Waals surface area contributed by atoms with Crippen molar-refractivity contribution in [1.82, 2.24) is 10.2 Å². The normalized spacial score (nSPS) is 35.4. The van der Waals surface area contributed by atoms with Gasteiger partial charge in [-0.2, -0.15) is 0 Å². The van der Waals surface area contributed by atoms with Gasteiger partial charge >= 0.3 is 6.09 Å². The van der Waals surface area contributed by atoms with Gasteiger partial charge in [-0.05, 0) is 50.3 Å². The highest BCUT2D eigenvalue weighted by Gasteiger charge is 2.37. The quantitative estimate of drug-likeness (QED) is 0.923. The molecule has 4 heteroatoms. The summed E-state index contributed by atoms with van der Waals surface area (Å²) >= 11 is 0. The molecule has 1 amide bonds. The molecule has 1 aromatic rings. The standard InChI is InChI=1S/C20H28N2O2/c23-20(24-19-14-22-12-10-16(19)11-13-22)21-18-9-5-4-8-17(18)15-6-2-1-3-7-15/h1-3,6-7,16-19H,4-5,8-14H2,(H,21,23)/t17-,18-,19-/m1/s1. The number of carbonyl (C=O) groups is 1. The summed E-state index contributed by atoms with van der Waals surface area (Å²) in [4.78, 5) is 14.9. The van der Waals surface area contributed by atoms with Gasteiger partial charge < -0.3 is 10.1 Å². The van der Waals surface area contributed by atoms with Crippen molar-refractivity contribution in [1.29, 1.82) is 0 Å². The molecule has 4 fully saturated rings. The van der Waals surface area contributed by atoms with E-state index in [1.807, 2.05) is 0 Å². The fourth-order valence-electron chi connectivity index (χ4n) is 4.77. The van der Waals surface area contributed by atoms with Crippen LogP contribution in [-0.4, -0.2) is 42.8 Å². The summed E-state index contributed by atoms with van der Waals surface area (Å²) in [6.07, 6.45) is 6.86. The van der Waals surface area contributed by atoms with Gasteiger partial charge in [-0.25, -0.2) is 4.79 Å². The van der Waals surface area contributed by atoms with E-state index in [1.54, 1.807) is 0 Å². The Morgan fingerprint density at radius 1 is 1.04 bits per heavy atom. The van der Waals surface area contributed by atoms with Crippen LogP contribution in [0.5, 0.6) is 0 Å². The van der Waals surface area contributed by atoms with E-state index in [2.05, 4.69) is 40.5 Å². The number of hydrogen-bond donors (Lipinski definition) is 1. The molecular weight excluding hydrogens is 300 g/mol. The van der Waals surface area contributed by atoms with Crippen molar-refractivity contribution in [2.75, 3.05) is 19.6 Å². The Balaban J connectivity index is 1.37. The number of fused-ring (bicyclic) bond motifs is 3. The average Bonchev–Trinajstić information content (AvgIpc) is 2.64. The van der Waals surface area contributed by atoms with Crippen LogP contribution in [-0.2, 0) is 4.74 Å². The van der Waals surface area contributed by atoms with Crippen LogP contribution in [0.1, 0.15) is 50.0 Å². The second-order valence-corrected chi connectivity index (χ2v) is 7.63. The predicted octanol–water partition coefficient (Wildman–Crippen LogP) is 3.53. The lowest BCUT2D eigenvalue weighted by molar-refractivity contribution is -0.0343. The van der Waals surface area contributed by atoms with Crippen LogP contribution in [0.3, 0.4) is 0 Å². The number of nitrogens with zero attached hydrogens (tertiary/aromatic N) is 1. The van der Waals surface area contributed by atoms with E-state index in [-0.39, 0.29) is 18.2 Å². The minimum absolute atomic E-state index is 0.0891. The first-order valence-electron chi connectivity index (χ1n) is 9.54. The van der Waals surface area contributed by atoms with Crippen molar-refractivity contribution < 1.29 is 9.53 Å². The van der Waals surface area contributed by atoms with Crippen LogP contribution in [0.2, 0.25) is 0 Å². The van der Waals surface area contributed by atoms with Crippen LogP contribution < -0.4 is 5.32 Å². The highest BCUT2D eigenvalue weighted by molar-refractivity contribution is 5.68. The van der Waals surface area contributed by atoms with Gasteiger partial charge in [0.25, 0.3) is 0 Å². The zero-order valence-corrected chi connectivity index (χ0v) is 14.3. The number of alkyl carbamates (subject to hydrolysis) is 1. The first kappa shape index (κ1) is 15.9. The van der Waals surface area contributed by atoms with E-state index in [1.165, 1.54) is 44.3 Å². The van der Waals surface area contributed by atoms with Crippen molar-refractivity contribution in [3.63, 3.8) is 0 Å². The fourth-order valence-corrected chi connectivity index (χ4v) is 4.77. The van der Waals surface area contributed by atoms with Crippen LogP contribution in [0, 0.1) is 5.92 Å². The minimum Gasteiger partial charge on any atom is -0.445 e. The Kier molecular flexibility index (Phi) is 4.74.